The number of hydrogen-bond donors (Lipinski definition) is 0. The number of anilines is 1. The summed E-state index contributed by atoms with van der Waals surface area (Å²) in [4.78, 5) is 2.28. The molecule has 18 heavy (non-hydrogen) atoms. The van der Waals surface area contributed by atoms with Crippen LogP contribution < -0.4 is 4.90 Å². The Bertz CT molecular complexity index is 371. The Morgan fingerprint density at radius 2 is 2.11 bits per heavy atom. The number of benzene rings is 1. The molecule has 0 bridgehead atoms. The molecule has 1 aromatic rings. The summed E-state index contributed by atoms with van der Waals surface area (Å²) >= 11 is 12.2. The van der Waals surface area contributed by atoms with Crippen LogP contribution in [0.4, 0.5) is 5.69 Å². The first-order chi connectivity index (χ1) is 8.63. The Kier molecular flexibility index (Phi) is 6.83. The zero-order valence-corrected chi connectivity index (χ0v) is 12.8. The van der Waals surface area contributed by atoms with E-state index in [0.29, 0.717) is 18.5 Å². The van der Waals surface area contributed by atoms with E-state index in [2.05, 4.69) is 18.7 Å². The topological polar surface area (TPSA) is 12.5 Å². The van der Waals surface area contributed by atoms with Crippen LogP contribution in [0.3, 0.4) is 0 Å². The first-order valence-electron chi connectivity index (χ1n) is 6.24. The van der Waals surface area contributed by atoms with Gasteiger partial charge in [-0.25, -0.2) is 0 Å². The molecule has 0 N–H and O–H groups in total. The van der Waals surface area contributed by atoms with Crippen molar-refractivity contribution in [3.05, 3.63) is 28.8 Å². The van der Waals surface area contributed by atoms with Crippen LogP contribution in [0.15, 0.2) is 18.2 Å². The van der Waals surface area contributed by atoms with Gasteiger partial charge in [0.2, 0.25) is 0 Å². The molecule has 0 heterocycles. The third-order valence-corrected chi connectivity index (χ3v) is 3.75. The van der Waals surface area contributed by atoms with Crippen molar-refractivity contribution in [2.75, 3.05) is 25.2 Å². The van der Waals surface area contributed by atoms with Crippen molar-refractivity contribution < 1.29 is 4.74 Å². The summed E-state index contributed by atoms with van der Waals surface area (Å²) in [7, 11) is 1.72. The van der Waals surface area contributed by atoms with Crippen LogP contribution in [0.25, 0.3) is 0 Å². The van der Waals surface area contributed by atoms with E-state index in [-0.39, 0.29) is 0 Å². The van der Waals surface area contributed by atoms with E-state index in [1.165, 1.54) is 0 Å². The number of halogens is 2. The van der Waals surface area contributed by atoms with Crippen molar-refractivity contribution in [2.45, 2.75) is 32.2 Å². The lowest BCUT2D eigenvalue weighted by atomic mass is 10.1. The van der Waals surface area contributed by atoms with E-state index in [9.17, 15) is 0 Å². The average Bonchev–Trinajstić information content (AvgIpc) is 2.39. The van der Waals surface area contributed by atoms with Gasteiger partial charge >= 0.3 is 0 Å². The van der Waals surface area contributed by atoms with Crippen LogP contribution in [-0.4, -0.2) is 26.3 Å². The first-order valence-corrected chi connectivity index (χ1v) is 7.15. The first kappa shape index (κ1) is 15.6. The highest BCUT2D eigenvalue weighted by atomic mass is 35.5. The summed E-state index contributed by atoms with van der Waals surface area (Å²) in [6, 6.07) is 6.43. The molecular formula is C14H21Cl2NO. The molecule has 0 amide bonds. The van der Waals surface area contributed by atoms with Crippen LogP contribution in [0.2, 0.25) is 5.02 Å². The molecule has 2 nitrogen and oxygen atoms in total. The third-order valence-electron chi connectivity index (χ3n) is 3.14. The number of methoxy groups -OCH3 is 1. The molecule has 0 aliphatic heterocycles. The summed E-state index contributed by atoms with van der Waals surface area (Å²) in [6.07, 6.45) is 1.07. The smallest absolute Gasteiger partial charge is 0.0642 e. The quantitative estimate of drug-likeness (QED) is 0.693. The summed E-state index contributed by atoms with van der Waals surface area (Å²) in [5, 5.41) is 0.754. The van der Waals surface area contributed by atoms with Gasteiger partial charge in [-0.15, -0.1) is 11.6 Å². The van der Waals surface area contributed by atoms with Crippen molar-refractivity contribution in [3.63, 3.8) is 0 Å². The number of alkyl halides is 1. The van der Waals surface area contributed by atoms with Crippen molar-refractivity contribution in [2.24, 2.45) is 0 Å². The van der Waals surface area contributed by atoms with Crippen molar-refractivity contribution in [1.82, 2.24) is 0 Å². The summed E-state index contributed by atoms with van der Waals surface area (Å²) in [6.45, 7) is 5.90. The van der Waals surface area contributed by atoms with Crippen molar-refractivity contribution >= 4 is 28.9 Å². The van der Waals surface area contributed by atoms with E-state index < -0.39 is 0 Å². The van der Waals surface area contributed by atoms with Gasteiger partial charge in [-0.05, 0) is 31.0 Å². The summed E-state index contributed by atoms with van der Waals surface area (Å²) < 4.78 is 5.17. The SMILES string of the molecule is CCC(C)N(CCOC)c1ccc(CCl)cc1Cl. The van der Waals surface area contributed by atoms with Gasteiger partial charge in [0.15, 0.2) is 0 Å². The molecule has 1 rings (SSSR count). The summed E-state index contributed by atoms with van der Waals surface area (Å²) in [5.74, 6) is 0.488. The third kappa shape index (κ3) is 4.04. The van der Waals surface area contributed by atoms with E-state index >= 15 is 0 Å². The van der Waals surface area contributed by atoms with E-state index in [1.807, 2.05) is 18.2 Å². The lowest BCUT2D eigenvalue weighted by molar-refractivity contribution is 0.203. The van der Waals surface area contributed by atoms with Gasteiger partial charge in [0, 0.05) is 25.6 Å². The van der Waals surface area contributed by atoms with E-state index in [1.54, 1.807) is 7.11 Å². The molecule has 0 fully saturated rings. The fourth-order valence-electron chi connectivity index (χ4n) is 1.85. The van der Waals surface area contributed by atoms with Crippen LogP contribution in [0.5, 0.6) is 0 Å². The highest BCUT2D eigenvalue weighted by molar-refractivity contribution is 6.33. The lowest BCUT2D eigenvalue weighted by Crippen LogP contribution is -2.35. The molecule has 0 spiro atoms. The number of ether oxygens (including phenoxy) is 1. The van der Waals surface area contributed by atoms with Crippen molar-refractivity contribution in [3.8, 4) is 0 Å². The molecule has 4 heteroatoms. The van der Waals surface area contributed by atoms with Crippen LogP contribution in [0.1, 0.15) is 25.8 Å². The number of rotatable bonds is 7. The lowest BCUT2D eigenvalue weighted by Gasteiger charge is -2.31. The van der Waals surface area contributed by atoms with Gasteiger partial charge in [-0.1, -0.05) is 24.6 Å². The average molecular weight is 290 g/mol. The standard InChI is InChI=1S/C14H21Cl2NO/c1-4-11(2)17(7-8-18-3)14-6-5-12(10-15)9-13(14)16/h5-6,9,11H,4,7-8,10H2,1-3H3. The molecule has 0 saturated carbocycles. The molecule has 102 valence electrons. The number of hydrogen-bond acceptors (Lipinski definition) is 2. The predicted molar refractivity (Wildman–Crippen MR) is 80.0 cm³/mol. The fraction of sp³-hybridized carbons (Fsp3) is 0.571. The van der Waals surface area contributed by atoms with Gasteiger partial charge in [-0.2, -0.15) is 0 Å². The predicted octanol–water partition coefficient (Wildman–Crippen LogP) is 4.33. The normalized spacial score (nSPS) is 12.5. The van der Waals surface area contributed by atoms with E-state index in [0.717, 1.165) is 29.2 Å². The maximum Gasteiger partial charge on any atom is 0.0642 e. The van der Waals surface area contributed by atoms with Gasteiger partial charge < -0.3 is 9.64 Å². The maximum absolute atomic E-state index is 6.34. The molecule has 0 aromatic heterocycles. The molecule has 1 atom stereocenters. The minimum atomic E-state index is 0.430. The van der Waals surface area contributed by atoms with Gasteiger partial charge in [0.25, 0.3) is 0 Å². The molecule has 0 aliphatic carbocycles. The highest BCUT2D eigenvalue weighted by Gasteiger charge is 2.15. The van der Waals surface area contributed by atoms with Crippen LogP contribution in [0, 0.1) is 0 Å². The van der Waals surface area contributed by atoms with Gasteiger partial charge in [0.1, 0.15) is 0 Å². The second-order valence-electron chi connectivity index (χ2n) is 4.36. The number of nitrogens with zero attached hydrogens (tertiary/aromatic N) is 1. The van der Waals surface area contributed by atoms with Crippen LogP contribution >= 0.6 is 23.2 Å². The second-order valence-corrected chi connectivity index (χ2v) is 5.04. The maximum atomic E-state index is 6.34. The minimum absolute atomic E-state index is 0.430. The van der Waals surface area contributed by atoms with Crippen molar-refractivity contribution in [1.29, 1.82) is 0 Å². The second kappa shape index (κ2) is 7.88. The van der Waals surface area contributed by atoms with Crippen LogP contribution in [-0.2, 0) is 10.6 Å². The Hall–Kier alpha value is -0.440. The van der Waals surface area contributed by atoms with Gasteiger partial charge in [0.05, 0.1) is 17.3 Å². The summed E-state index contributed by atoms with van der Waals surface area (Å²) in [5.41, 5.74) is 2.10. The Morgan fingerprint density at radius 1 is 1.39 bits per heavy atom. The van der Waals surface area contributed by atoms with E-state index in [4.69, 9.17) is 27.9 Å². The zero-order valence-electron chi connectivity index (χ0n) is 11.2. The fourth-order valence-corrected chi connectivity index (χ4v) is 2.33. The largest absolute Gasteiger partial charge is 0.383 e. The Labute approximate surface area is 120 Å². The molecule has 0 radical (unpaired) electrons. The molecule has 1 aromatic carbocycles. The minimum Gasteiger partial charge on any atom is -0.383 e. The monoisotopic (exact) mass is 289 g/mol. The van der Waals surface area contributed by atoms with Gasteiger partial charge in [-0.3, -0.25) is 0 Å². The molecule has 1 unspecified atom stereocenters. The molecule has 0 aliphatic rings. The molecular weight excluding hydrogens is 269 g/mol. The highest BCUT2D eigenvalue weighted by Crippen LogP contribution is 2.29. The zero-order chi connectivity index (χ0) is 13.5. The Morgan fingerprint density at radius 3 is 2.61 bits per heavy atom. The Balaban J connectivity index is 2.96. The molecule has 0 saturated heterocycles.